The van der Waals surface area contributed by atoms with E-state index in [0.717, 1.165) is 5.56 Å². The summed E-state index contributed by atoms with van der Waals surface area (Å²) in [7, 11) is -3.01. The first-order chi connectivity index (χ1) is 7.80. The molecule has 1 aromatic rings. The van der Waals surface area contributed by atoms with E-state index in [1.807, 2.05) is 0 Å². The molecule has 1 aliphatic heterocycles. The van der Waals surface area contributed by atoms with Crippen molar-refractivity contribution in [3.8, 4) is 0 Å². The lowest BCUT2D eigenvalue weighted by Gasteiger charge is -2.22. The molecule has 1 heterocycles. The second-order valence-electron chi connectivity index (χ2n) is 4.62. The highest BCUT2D eigenvalue weighted by Crippen LogP contribution is 2.28. The molecule has 0 aliphatic carbocycles. The van der Waals surface area contributed by atoms with Gasteiger partial charge in [-0.3, -0.25) is 0 Å². The van der Waals surface area contributed by atoms with Gasteiger partial charge in [0.05, 0.1) is 11.5 Å². The lowest BCUT2D eigenvalue weighted by molar-refractivity contribution is 0.475. The van der Waals surface area contributed by atoms with Gasteiger partial charge in [-0.2, -0.15) is 0 Å². The van der Waals surface area contributed by atoms with Crippen LogP contribution in [0.25, 0.3) is 0 Å². The first-order valence-electron chi connectivity index (χ1n) is 5.23. The molecule has 3 nitrogen and oxygen atoms in total. The number of hydrogen-bond acceptors (Lipinski definition) is 3. The predicted octanol–water partition coefficient (Wildman–Crippen LogP) is 1.65. The zero-order valence-corrected chi connectivity index (χ0v) is 11.5. The van der Waals surface area contributed by atoms with E-state index in [1.165, 1.54) is 12.1 Å². The van der Waals surface area contributed by atoms with Gasteiger partial charge in [0.15, 0.2) is 9.84 Å². The summed E-state index contributed by atoms with van der Waals surface area (Å²) in [5.41, 5.74) is 6.20. The molecule has 1 fully saturated rings. The van der Waals surface area contributed by atoms with Gasteiger partial charge in [-0.15, -0.1) is 0 Å². The van der Waals surface area contributed by atoms with Crippen molar-refractivity contribution in [1.29, 1.82) is 0 Å². The van der Waals surface area contributed by atoms with Crippen LogP contribution in [0.2, 0.25) is 0 Å². The molecule has 1 aliphatic rings. The van der Waals surface area contributed by atoms with Crippen LogP contribution in [-0.4, -0.2) is 25.5 Å². The smallest absolute Gasteiger partial charge is 0.152 e. The average molecular weight is 322 g/mol. The van der Waals surface area contributed by atoms with Gasteiger partial charge in [-0.05, 0) is 30.5 Å². The number of sulfone groups is 1. The van der Waals surface area contributed by atoms with Crippen LogP contribution < -0.4 is 5.73 Å². The number of rotatable bonds is 2. The highest BCUT2D eigenvalue weighted by atomic mass is 79.9. The Balaban J connectivity index is 2.22. The van der Waals surface area contributed by atoms with E-state index in [0.29, 0.717) is 17.3 Å². The van der Waals surface area contributed by atoms with E-state index in [4.69, 9.17) is 5.73 Å². The summed E-state index contributed by atoms with van der Waals surface area (Å²) in [5.74, 6) is -0.183. The Morgan fingerprint density at radius 1 is 1.47 bits per heavy atom. The zero-order chi connectivity index (χ0) is 12.7. The standard InChI is InChI=1S/C11H13BrFNO2S/c12-10-5-9(13)2-1-8(10)6-11(14)3-4-17(15,16)7-11/h1-2,5H,3-4,6-7,14H2. The van der Waals surface area contributed by atoms with E-state index in [1.54, 1.807) is 6.07 Å². The molecule has 2 rings (SSSR count). The molecule has 17 heavy (non-hydrogen) atoms. The highest BCUT2D eigenvalue weighted by Gasteiger charge is 2.39. The normalized spacial score (nSPS) is 27.2. The van der Waals surface area contributed by atoms with Crippen LogP contribution in [0.3, 0.4) is 0 Å². The number of halogens is 2. The minimum Gasteiger partial charge on any atom is -0.324 e. The van der Waals surface area contributed by atoms with Gasteiger partial charge in [-0.1, -0.05) is 22.0 Å². The van der Waals surface area contributed by atoms with Crippen LogP contribution in [0.1, 0.15) is 12.0 Å². The first-order valence-corrected chi connectivity index (χ1v) is 7.84. The van der Waals surface area contributed by atoms with E-state index < -0.39 is 15.4 Å². The Bertz CT molecular complexity index is 546. The van der Waals surface area contributed by atoms with Crippen LogP contribution in [0, 0.1) is 5.82 Å². The van der Waals surface area contributed by atoms with Crippen molar-refractivity contribution in [2.24, 2.45) is 5.73 Å². The molecule has 94 valence electrons. The van der Waals surface area contributed by atoms with Gasteiger partial charge in [0.25, 0.3) is 0 Å². The molecule has 0 radical (unpaired) electrons. The van der Waals surface area contributed by atoms with Crippen molar-refractivity contribution >= 4 is 25.8 Å². The molecule has 1 saturated heterocycles. The Morgan fingerprint density at radius 2 is 2.18 bits per heavy atom. The molecule has 0 spiro atoms. The van der Waals surface area contributed by atoms with Gasteiger partial charge in [0, 0.05) is 10.0 Å². The largest absolute Gasteiger partial charge is 0.324 e. The highest BCUT2D eigenvalue weighted by molar-refractivity contribution is 9.10. The van der Waals surface area contributed by atoms with Gasteiger partial charge < -0.3 is 5.73 Å². The van der Waals surface area contributed by atoms with Crippen LogP contribution in [0.5, 0.6) is 0 Å². The summed E-state index contributed by atoms with van der Waals surface area (Å²) in [6, 6.07) is 4.36. The molecule has 6 heteroatoms. The van der Waals surface area contributed by atoms with Gasteiger partial charge in [0.1, 0.15) is 5.82 Å². The summed E-state index contributed by atoms with van der Waals surface area (Å²) < 4.78 is 36.4. The minimum atomic E-state index is -3.01. The Morgan fingerprint density at radius 3 is 2.71 bits per heavy atom. The fourth-order valence-corrected chi connectivity index (χ4v) is 4.60. The van der Waals surface area contributed by atoms with Gasteiger partial charge >= 0.3 is 0 Å². The second kappa shape index (κ2) is 4.33. The Hall–Kier alpha value is -0.460. The predicted molar refractivity (Wildman–Crippen MR) is 68.0 cm³/mol. The van der Waals surface area contributed by atoms with Crippen LogP contribution in [-0.2, 0) is 16.3 Å². The summed E-state index contributed by atoms with van der Waals surface area (Å²) in [4.78, 5) is 0. The molecule has 0 amide bonds. The van der Waals surface area contributed by atoms with Crippen LogP contribution in [0.15, 0.2) is 22.7 Å². The molecular weight excluding hydrogens is 309 g/mol. The molecule has 1 atom stereocenters. The molecule has 0 saturated carbocycles. The number of nitrogens with two attached hydrogens (primary N) is 1. The third-order valence-corrected chi connectivity index (χ3v) is 5.56. The topological polar surface area (TPSA) is 60.2 Å². The third-order valence-electron chi connectivity index (χ3n) is 2.98. The maximum atomic E-state index is 12.9. The molecule has 0 aromatic heterocycles. The second-order valence-corrected chi connectivity index (χ2v) is 7.66. The third kappa shape index (κ3) is 3.05. The van der Waals surface area contributed by atoms with E-state index in [-0.39, 0.29) is 17.3 Å². The Kier molecular flexibility index (Phi) is 3.31. The number of hydrogen-bond donors (Lipinski definition) is 1. The lowest BCUT2D eigenvalue weighted by Crippen LogP contribution is -2.43. The van der Waals surface area contributed by atoms with Crippen molar-refractivity contribution < 1.29 is 12.8 Å². The van der Waals surface area contributed by atoms with Crippen molar-refractivity contribution in [2.45, 2.75) is 18.4 Å². The van der Waals surface area contributed by atoms with Crippen molar-refractivity contribution in [3.63, 3.8) is 0 Å². The maximum absolute atomic E-state index is 12.9. The summed E-state index contributed by atoms with van der Waals surface area (Å²) in [6.45, 7) is 0. The van der Waals surface area contributed by atoms with Crippen molar-refractivity contribution in [1.82, 2.24) is 0 Å². The SMILES string of the molecule is NC1(Cc2ccc(F)cc2Br)CCS(=O)(=O)C1. The fraction of sp³-hybridized carbons (Fsp3) is 0.455. The summed E-state index contributed by atoms with van der Waals surface area (Å²) >= 11 is 3.26. The minimum absolute atomic E-state index is 0.00379. The van der Waals surface area contributed by atoms with Crippen molar-refractivity contribution in [2.75, 3.05) is 11.5 Å². The van der Waals surface area contributed by atoms with Crippen molar-refractivity contribution in [3.05, 3.63) is 34.1 Å². The zero-order valence-electron chi connectivity index (χ0n) is 9.12. The quantitative estimate of drug-likeness (QED) is 0.901. The summed E-state index contributed by atoms with van der Waals surface area (Å²) in [5, 5.41) is 0. The van der Waals surface area contributed by atoms with Crippen LogP contribution >= 0.6 is 15.9 Å². The molecule has 0 bridgehead atoms. The lowest BCUT2D eigenvalue weighted by atomic mass is 9.91. The van der Waals surface area contributed by atoms with E-state index >= 15 is 0 Å². The Labute approximate surface area is 108 Å². The monoisotopic (exact) mass is 321 g/mol. The molecule has 1 aromatic carbocycles. The number of benzene rings is 1. The first kappa shape index (κ1) is 13.0. The van der Waals surface area contributed by atoms with E-state index in [2.05, 4.69) is 15.9 Å². The fourth-order valence-electron chi connectivity index (χ4n) is 2.12. The van der Waals surface area contributed by atoms with Crippen LogP contribution in [0.4, 0.5) is 4.39 Å². The molecule has 2 N–H and O–H groups in total. The average Bonchev–Trinajstić information content (AvgIpc) is 2.46. The van der Waals surface area contributed by atoms with E-state index in [9.17, 15) is 12.8 Å². The maximum Gasteiger partial charge on any atom is 0.152 e. The molecular formula is C11H13BrFNO2S. The summed E-state index contributed by atoms with van der Waals surface area (Å²) in [6.07, 6.45) is 0.895. The van der Waals surface area contributed by atoms with Gasteiger partial charge in [0.2, 0.25) is 0 Å². The van der Waals surface area contributed by atoms with Gasteiger partial charge in [-0.25, -0.2) is 12.8 Å². The molecule has 1 unspecified atom stereocenters.